The summed E-state index contributed by atoms with van der Waals surface area (Å²) in [5.74, 6) is 0.894. The van der Waals surface area contributed by atoms with Crippen LogP contribution in [0, 0.1) is 5.92 Å². The van der Waals surface area contributed by atoms with Gasteiger partial charge in [0.05, 0.1) is 6.33 Å². The van der Waals surface area contributed by atoms with Gasteiger partial charge in [0.1, 0.15) is 0 Å². The Hall–Kier alpha value is -0.830. The van der Waals surface area contributed by atoms with Crippen molar-refractivity contribution in [2.24, 2.45) is 5.92 Å². The van der Waals surface area contributed by atoms with E-state index in [1.165, 1.54) is 25.0 Å². The van der Waals surface area contributed by atoms with Crippen LogP contribution in [-0.4, -0.2) is 22.6 Å². The molecule has 0 amide bonds. The Kier molecular flexibility index (Phi) is 2.32. The molecule has 0 spiro atoms. The maximum atomic E-state index is 4.38. The van der Waals surface area contributed by atoms with E-state index in [1.54, 1.807) is 0 Å². The maximum absolute atomic E-state index is 4.38. The van der Waals surface area contributed by atoms with Crippen LogP contribution in [0.25, 0.3) is 0 Å². The van der Waals surface area contributed by atoms with Crippen LogP contribution >= 0.6 is 0 Å². The van der Waals surface area contributed by atoms with Crippen LogP contribution in [0.3, 0.4) is 0 Å². The summed E-state index contributed by atoms with van der Waals surface area (Å²) in [6.45, 7) is 6.90. The smallest absolute Gasteiger partial charge is 0.0951 e. The van der Waals surface area contributed by atoms with Crippen molar-refractivity contribution < 1.29 is 0 Å². The highest BCUT2D eigenvalue weighted by molar-refractivity contribution is 5.19. The van der Waals surface area contributed by atoms with Crippen LogP contribution in [0.4, 0.5) is 0 Å². The molecule has 1 aromatic heterocycles. The average molecular weight is 219 g/mol. The van der Waals surface area contributed by atoms with E-state index in [2.05, 4.69) is 34.9 Å². The van der Waals surface area contributed by atoms with Crippen molar-refractivity contribution in [1.82, 2.24) is 14.9 Å². The lowest BCUT2D eigenvalue weighted by Gasteiger charge is -2.24. The minimum atomic E-state index is 0.303. The summed E-state index contributed by atoms with van der Waals surface area (Å²) in [4.78, 5) is 4.38. The molecular weight excluding hydrogens is 198 g/mol. The molecule has 1 saturated carbocycles. The molecule has 1 aromatic rings. The van der Waals surface area contributed by atoms with E-state index in [9.17, 15) is 0 Å². The molecule has 1 aliphatic carbocycles. The zero-order valence-corrected chi connectivity index (χ0v) is 10.2. The quantitative estimate of drug-likeness (QED) is 0.843. The molecule has 88 valence electrons. The van der Waals surface area contributed by atoms with Gasteiger partial charge in [-0.3, -0.25) is 0 Å². The Labute approximate surface area is 97.3 Å². The van der Waals surface area contributed by atoms with Crippen molar-refractivity contribution >= 4 is 0 Å². The van der Waals surface area contributed by atoms with Crippen molar-refractivity contribution in [1.29, 1.82) is 0 Å². The minimum absolute atomic E-state index is 0.303. The standard InChI is InChI=1S/C13H21N3/c1-3-10-6-11(10)16-9-15-7-12(16)13(2)4-5-14-8-13/h7,9-11,14H,3-6,8H2,1-2H3. The van der Waals surface area contributed by atoms with Crippen LogP contribution in [0.5, 0.6) is 0 Å². The van der Waals surface area contributed by atoms with Gasteiger partial charge < -0.3 is 9.88 Å². The topological polar surface area (TPSA) is 29.9 Å². The predicted octanol–water partition coefficient (Wildman–Crippen LogP) is 2.11. The van der Waals surface area contributed by atoms with Gasteiger partial charge in [-0.25, -0.2) is 4.98 Å². The van der Waals surface area contributed by atoms with Crippen LogP contribution < -0.4 is 5.32 Å². The first kappa shape index (κ1) is 10.3. The van der Waals surface area contributed by atoms with Crippen LogP contribution in [0.15, 0.2) is 12.5 Å². The van der Waals surface area contributed by atoms with E-state index < -0.39 is 0 Å². The second-order valence-electron chi connectivity index (χ2n) is 5.64. The van der Waals surface area contributed by atoms with Gasteiger partial charge in [0.2, 0.25) is 0 Å². The zero-order chi connectivity index (χ0) is 11.2. The predicted molar refractivity (Wildman–Crippen MR) is 64.5 cm³/mol. The molecule has 2 aliphatic rings. The van der Waals surface area contributed by atoms with Crippen molar-refractivity contribution in [3.8, 4) is 0 Å². The summed E-state index contributed by atoms with van der Waals surface area (Å²) < 4.78 is 2.45. The van der Waals surface area contributed by atoms with Gasteiger partial charge in [-0.2, -0.15) is 0 Å². The van der Waals surface area contributed by atoms with E-state index in [-0.39, 0.29) is 0 Å². The first-order chi connectivity index (χ1) is 7.74. The van der Waals surface area contributed by atoms with Crippen molar-refractivity contribution in [2.45, 2.75) is 44.6 Å². The minimum Gasteiger partial charge on any atom is -0.331 e. The summed E-state index contributed by atoms with van der Waals surface area (Å²) in [6.07, 6.45) is 8.01. The molecular formula is C13H21N3. The van der Waals surface area contributed by atoms with Gasteiger partial charge in [0, 0.05) is 29.9 Å². The number of hydrogen-bond acceptors (Lipinski definition) is 2. The third-order valence-corrected chi connectivity index (χ3v) is 4.42. The number of hydrogen-bond donors (Lipinski definition) is 1. The Morgan fingerprint density at radius 1 is 1.62 bits per heavy atom. The van der Waals surface area contributed by atoms with Crippen molar-refractivity contribution in [2.75, 3.05) is 13.1 Å². The Morgan fingerprint density at radius 3 is 3.12 bits per heavy atom. The number of imidazole rings is 1. The molecule has 0 aromatic carbocycles. The Balaban J connectivity index is 1.88. The van der Waals surface area contributed by atoms with E-state index in [4.69, 9.17) is 0 Å². The summed E-state index contributed by atoms with van der Waals surface area (Å²) in [5, 5.41) is 3.47. The molecule has 0 radical (unpaired) electrons. The molecule has 1 N–H and O–H groups in total. The number of nitrogens with one attached hydrogen (secondary N) is 1. The lowest BCUT2D eigenvalue weighted by atomic mass is 9.86. The second kappa shape index (κ2) is 3.59. The van der Waals surface area contributed by atoms with Crippen molar-refractivity contribution in [3.05, 3.63) is 18.2 Å². The summed E-state index contributed by atoms with van der Waals surface area (Å²) >= 11 is 0. The van der Waals surface area contributed by atoms with E-state index in [0.29, 0.717) is 5.41 Å². The molecule has 3 atom stereocenters. The third-order valence-electron chi connectivity index (χ3n) is 4.42. The fraction of sp³-hybridized carbons (Fsp3) is 0.769. The van der Waals surface area contributed by atoms with Gasteiger partial charge >= 0.3 is 0 Å². The fourth-order valence-electron chi connectivity index (χ4n) is 3.08. The Morgan fingerprint density at radius 2 is 2.50 bits per heavy atom. The first-order valence-electron chi connectivity index (χ1n) is 6.47. The SMILES string of the molecule is CCC1CC1n1cncc1C1(C)CCNC1. The highest BCUT2D eigenvalue weighted by Crippen LogP contribution is 2.47. The number of nitrogens with zero attached hydrogens (tertiary/aromatic N) is 2. The largest absolute Gasteiger partial charge is 0.331 e. The molecule has 2 fully saturated rings. The van der Waals surface area contributed by atoms with E-state index in [1.807, 2.05) is 6.33 Å². The summed E-state index contributed by atoms with van der Waals surface area (Å²) in [6, 6.07) is 0.736. The van der Waals surface area contributed by atoms with Crippen molar-refractivity contribution in [3.63, 3.8) is 0 Å². The van der Waals surface area contributed by atoms with Crippen LogP contribution in [-0.2, 0) is 5.41 Å². The van der Waals surface area contributed by atoms with Gasteiger partial charge in [-0.05, 0) is 25.3 Å². The summed E-state index contributed by atoms with van der Waals surface area (Å²) in [5.41, 5.74) is 1.75. The maximum Gasteiger partial charge on any atom is 0.0951 e. The molecule has 0 bridgehead atoms. The van der Waals surface area contributed by atoms with E-state index in [0.717, 1.165) is 25.0 Å². The molecule has 1 aliphatic heterocycles. The van der Waals surface area contributed by atoms with Gasteiger partial charge in [0.25, 0.3) is 0 Å². The molecule has 3 heteroatoms. The summed E-state index contributed by atoms with van der Waals surface area (Å²) in [7, 11) is 0. The van der Waals surface area contributed by atoms with Crippen LogP contribution in [0.2, 0.25) is 0 Å². The Bertz CT molecular complexity index is 376. The molecule has 16 heavy (non-hydrogen) atoms. The monoisotopic (exact) mass is 219 g/mol. The normalized spacial score (nSPS) is 37.9. The highest BCUT2D eigenvalue weighted by atomic mass is 15.1. The highest BCUT2D eigenvalue weighted by Gasteiger charge is 2.41. The van der Waals surface area contributed by atoms with E-state index >= 15 is 0 Å². The molecule has 2 heterocycles. The lowest BCUT2D eigenvalue weighted by molar-refractivity contribution is 0.466. The first-order valence-corrected chi connectivity index (χ1v) is 6.47. The van der Waals surface area contributed by atoms with Gasteiger partial charge in [0.15, 0.2) is 0 Å². The zero-order valence-electron chi connectivity index (χ0n) is 10.2. The van der Waals surface area contributed by atoms with Gasteiger partial charge in [-0.15, -0.1) is 0 Å². The third kappa shape index (κ3) is 1.49. The lowest BCUT2D eigenvalue weighted by Crippen LogP contribution is -2.27. The fourth-order valence-corrected chi connectivity index (χ4v) is 3.08. The second-order valence-corrected chi connectivity index (χ2v) is 5.64. The molecule has 3 rings (SSSR count). The van der Waals surface area contributed by atoms with Crippen LogP contribution in [0.1, 0.15) is 44.8 Å². The molecule has 3 unspecified atom stereocenters. The number of rotatable bonds is 3. The average Bonchev–Trinajstić information content (AvgIpc) is 2.72. The number of aromatic nitrogens is 2. The molecule has 1 saturated heterocycles. The molecule has 3 nitrogen and oxygen atoms in total. The van der Waals surface area contributed by atoms with Gasteiger partial charge in [-0.1, -0.05) is 20.3 Å².